The van der Waals surface area contributed by atoms with E-state index in [-0.39, 0.29) is 6.61 Å². The molecule has 2 heterocycles. The Morgan fingerprint density at radius 1 is 0.957 bits per heavy atom. The summed E-state index contributed by atoms with van der Waals surface area (Å²) in [7, 11) is 0. The molecule has 0 spiro atoms. The van der Waals surface area contributed by atoms with Gasteiger partial charge in [0, 0.05) is 44.5 Å². The Morgan fingerprint density at radius 3 is 2.22 bits per heavy atom. The fourth-order valence-corrected chi connectivity index (χ4v) is 3.00. The zero-order valence-electron chi connectivity index (χ0n) is 13.9. The summed E-state index contributed by atoms with van der Waals surface area (Å²) in [5, 5.41) is 9.10. The molecule has 1 aliphatic heterocycles. The number of benzene rings is 1. The largest absolute Gasteiger partial charge is 0.392 e. The zero-order chi connectivity index (χ0) is 16.2. The highest BCUT2D eigenvalue weighted by Gasteiger charge is 2.18. The van der Waals surface area contributed by atoms with E-state index in [1.54, 1.807) is 0 Å². The van der Waals surface area contributed by atoms with Crippen LogP contribution in [0.1, 0.15) is 22.6 Å². The van der Waals surface area contributed by atoms with Gasteiger partial charge in [-0.3, -0.25) is 4.90 Å². The van der Waals surface area contributed by atoms with Crippen LogP contribution in [-0.2, 0) is 13.2 Å². The fraction of sp³-hybridized carbons (Fsp3) is 0.444. The Kier molecular flexibility index (Phi) is 4.88. The van der Waals surface area contributed by atoms with Gasteiger partial charge in [0.25, 0.3) is 0 Å². The van der Waals surface area contributed by atoms with Crippen molar-refractivity contribution in [1.82, 2.24) is 14.9 Å². The molecule has 0 amide bonds. The number of piperazine rings is 1. The monoisotopic (exact) mass is 312 g/mol. The van der Waals surface area contributed by atoms with E-state index in [2.05, 4.69) is 38.0 Å². The van der Waals surface area contributed by atoms with Crippen LogP contribution < -0.4 is 4.90 Å². The van der Waals surface area contributed by atoms with Crippen molar-refractivity contribution in [2.75, 3.05) is 31.1 Å². The van der Waals surface area contributed by atoms with Crippen LogP contribution >= 0.6 is 0 Å². The molecule has 1 aromatic heterocycles. The van der Waals surface area contributed by atoms with Gasteiger partial charge < -0.3 is 10.0 Å². The van der Waals surface area contributed by atoms with Crippen molar-refractivity contribution in [3.05, 3.63) is 53.0 Å². The molecule has 23 heavy (non-hydrogen) atoms. The molecule has 1 N–H and O–H groups in total. The first kappa shape index (κ1) is 15.9. The summed E-state index contributed by atoms with van der Waals surface area (Å²) in [5.74, 6) is 1.88. The van der Waals surface area contributed by atoms with Gasteiger partial charge in [0.05, 0.1) is 6.61 Å². The van der Waals surface area contributed by atoms with Crippen molar-refractivity contribution in [1.29, 1.82) is 0 Å². The van der Waals surface area contributed by atoms with E-state index < -0.39 is 0 Å². The number of aliphatic hydroxyl groups is 1. The van der Waals surface area contributed by atoms with Gasteiger partial charge >= 0.3 is 0 Å². The fourth-order valence-electron chi connectivity index (χ4n) is 3.00. The van der Waals surface area contributed by atoms with Crippen LogP contribution in [0.3, 0.4) is 0 Å². The molecule has 1 aromatic carbocycles. The number of aryl methyl sites for hydroxylation is 2. The van der Waals surface area contributed by atoms with Gasteiger partial charge in [-0.2, -0.15) is 0 Å². The first-order valence-electron chi connectivity index (χ1n) is 8.12. The van der Waals surface area contributed by atoms with Crippen LogP contribution in [0.25, 0.3) is 0 Å². The van der Waals surface area contributed by atoms with Gasteiger partial charge in [-0.05, 0) is 25.0 Å². The van der Waals surface area contributed by atoms with E-state index in [4.69, 9.17) is 5.11 Å². The summed E-state index contributed by atoms with van der Waals surface area (Å²) >= 11 is 0. The van der Waals surface area contributed by atoms with Gasteiger partial charge in [0.2, 0.25) is 0 Å². The number of nitrogens with zero attached hydrogens (tertiary/aromatic N) is 4. The van der Waals surface area contributed by atoms with E-state index in [1.807, 2.05) is 26.0 Å². The maximum atomic E-state index is 9.10. The molecular weight excluding hydrogens is 288 g/mol. The molecule has 1 aliphatic rings. The van der Waals surface area contributed by atoms with Crippen molar-refractivity contribution in [3.63, 3.8) is 0 Å². The molecule has 0 radical (unpaired) electrons. The highest BCUT2D eigenvalue weighted by Crippen LogP contribution is 2.16. The highest BCUT2D eigenvalue weighted by molar-refractivity contribution is 5.40. The van der Waals surface area contributed by atoms with Crippen molar-refractivity contribution in [2.24, 2.45) is 0 Å². The molecule has 2 aromatic rings. The number of anilines is 1. The normalized spacial score (nSPS) is 15.9. The summed E-state index contributed by atoms with van der Waals surface area (Å²) in [6.45, 7) is 9.08. The molecule has 3 rings (SSSR count). The third kappa shape index (κ3) is 4.06. The second-order valence-corrected chi connectivity index (χ2v) is 6.15. The lowest BCUT2D eigenvalue weighted by atomic mass is 10.1. The van der Waals surface area contributed by atoms with E-state index in [0.29, 0.717) is 0 Å². The molecule has 5 nitrogen and oxygen atoms in total. The highest BCUT2D eigenvalue weighted by atomic mass is 16.3. The van der Waals surface area contributed by atoms with E-state index in [9.17, 15) is 0 Å². The molecule has 5 heteroatoms. The maximum absolute atomic E-state index is 9.10. The van der Waals surface area contributed by atoms with E-state index in [1.165, 1.54) is 5.56 Å². The molecule has 0 atom stereocenters. The zero-order valence-corrected chi connectivity index (χ0v) is 13.9. The summed E-state index contributed by atoms with van der Waals surface area (Å²) in [6.07, 6.45) is 0. The summed E-state index contributed by atoms with van der Waals surface area (Å²) < 4.78 is 0. The van der Waals surface area contributed by atoms with Crippen LogP contribution in [0.15, 0.2) is 30.3 Å². The summed E-state index contributed by atoms with van der Waals surface area (Å²) in [4.78, 5) is 13.7. The van der Waals surface area contributed by atoms with Gasteiger partial charge in [0.1, 0.15) is 11.6 Å². The molecular formula is C18H24N4O. The Bertz CT molecular complexity index is 628. The summed E-state index contributed by atoms with van der Waals surface area (Å²) in [6, 6.07) is 10.3. The summed E-state index contributed by atoms with van der Waals surface area (Å²) in [5.41, 5.74) is 3.29. The lowest BCUT2D eigenvalue weighted by molar-refractivity contribution is 0.249. The predicted molar refractivity (Wildman–Crippen MR) is 91.4 cm³/mol. The second-order valence-electron chi connectivity index (χ2n) is 6.15. The molecule has 0 unspecified atom stereocenters. The first-order valence-corrected chi connectivity index (χ1v) is 8.12. The van der Waals surface area contributed by atoms with Crippen LogP contribution in [0.5, 0.6) is 0 Å². The topological polar surface area (TPSA) is 52.5 Å². The van der Waals surface area contributed by atoms with Gasteiger partial charge in [-0.1, -0.05) is 24.3 Å². The van der Waals surface area contributed by atoms with Crippen molar-refractivity contribution >= 4 is 5.82 Å². The lowest BCUT2D eigenvalue weighted by Gasteiger charge is -2.35. The standard InChI is InChI=1S/C18H24N4O/c1-14-11-18(20-15(2)19-14)22-9-7-21(8-10-22)12-16-3-5-17(13-23)6-4-16/h3-6,11,23H,7-10,12-13H2,1-2H3. The van der Waals surface area contributed by atoms with E-state index in [0.717, 1.165) is 55.6 Å². The van der Waals surface area contributed by atoms with Crippen LogP contribution in [-0.4, -0.2) is 46.2 Å². The Balaban J connectivity index is 1.57. The minimum Gasteiger partial charge on any atom is -0.392 e. The third-order valence-corrected chi connectivity index (χ3v) is 4.26. The third-order valence-electron chi connectivity index (χ3n) is 4.26. The molecule has 122 valence electrons. The quantitative estimate of drug-likeness (QED) is 0.934. The Morgan fingerprint density at radius 2 is 1.61 bits per heavy atom. The predicted octanol–water partition coefficient (Wildman–Crippen LogP) is 1.91. The van der Waals surface area contributed by atoms with Crippen LogP contribution in [0.2, 0.25) is 0 Å². The number of hydrogen-bond donors (Lipinski definition) is 1. The SMILES string of the molecule is Cc1cc(N2CCN(Cc3ccc(CO)cc3)CC2)nc(C)n1. The Hall–Kier alpha value is -1.98. The average molecular weight is 312 g/mol. The second kappa shape index (κ2) is 7.06. The minimum atomic E-state index is 0.108. The number of aliphatic hydroxyl groups excluding tert-OH is 1. The molecule has 0 bridgehead atoms. The van der Waals surface area contributed by atoms with E-state index >= 15 is 0 Å². The van der Waals surface area contributed by atoms with Crippen molar-refractivity contribution < 1.29 is 5.11 Å². The number of hydrogen-bond acceptors (Lipinski definition) is 5. The number of rotatable bonds is 4. The van der Waals surface area contributed by atoms with Gasteiger partial charge in [-0.15, -0.1) is 0 Å². The smallest absolute Gasteiger partial charge is 0.132 e. The van der Waals surface area contributed by atoms with Crippen molar-refractivity contribution in [2.45, 2.75) is 27.0 Å². The average Bonchev–Trinajstić information content (AvgIpc) is 2.55. The maximum Gasteiger partial charge on any atom is 0.132 e. The minimum absolute atomic E-state index is 0.108. The van der Waals surface area contributed by atoms with Gasteiger partial charge in [-0.25, -0.2) is 9.97 Å². The molecule has 0 saturated carbocycles. The lowest BCUT2D eigenvalue weighted by Crippen LogP contribution is -2.46. The molecule has 1 saturated heterocycles. The van der Waals surface area contributed by atoms with Crippen molar-refractivity contribution in [3.8, 4) is 0 Å². The van der Waals surface area contributed by atoms with Crippen LogP contribution in [0, 0.1) is 13.8 Å². The molecule has 1 fully saturated rings. The molecule has 0 aliphatic carbocycles. The Labute approximate surface area is 137 Å². The van der Waals surface area contributed by atoms with Gasteiger partial charge in [0.15, 0.2) is 0 Å². The number of aromatic nitrogens is 2. The van der Waals surface area contributed by atoms with Crippen LogP contribution in [0.4, 0.5) is 5.82 Å². The first-order chi connectivity index (χ1) is 11.1.